The zero-order chi connectivity index (χ0) is 16.0. The molecule has 1 aromatic carbocycles. The van der Waals surface area contributed by atoms with E-state index in [1.165, 1.54) is 12.1 Å². The van der Waals surface area contributed by atoms with Crippen LogP contribution in [0.4, 0.5) is 4.39 Å². The molecule has 2 aliphatic heterocycles. The Kier molecular flexibility index (Phi) is 3.36. The number of hydrogen-bond donors (Lipinski definition) is 0. The summed E-state index contributed by atoms with van der Waals surface area (Å²) < 4.78 is 13.3. The third kappa shape index (κ3) is 2.50. The number of nitrogens with zero attached hydrogens (tertiary/aromatic N) is 3. The summed E-state index contributed by atoms with van der Waals surface area (Å²) >= 11 is 0. The molecule has 2 atom stereocenters. The van der Waals surface area contributed by atoms with Gasteiger partial charge in [0.25, 0.3) is 0 Å². The molecule has 3 heterocycles. The van der Waals surface area contributed by atoms with Crippen LogP contribution in [0.25, 0.3) is 0 Å². The Bertz CT molecular complexity index is 777. The largest absolute Gasteiger partial charge is 0.332 e. The normalized spacial score (nSPS) is 22.1. The number of aryl methyl sites for hydroxylation is 1. The fourth-order valence-electron chi connectivity index (χ4n) is 3.87. The molecule has 0 aliphatic carbocycles. The van der Waals surface area contributed by atoms with Crippen LogP contribution in [0, 0.1) is 12.7 Å². The summed E-state index contributed by atoms with van der Waals surface area (Å²) in [5.41, 5.74) is 2.89. The van der Waals surface area contributed by atoms with Crippen LogP contribution in [0.5, 0.6) is 0 Å². The molecular formula is C18H18FN3O. The van der Waals surface area contributed by atoms with Crippen LogP contribution in [0.3, 0.4) is 0 Å². The smallest absolute Gasteiger partial charge is 0.227 e. The lowest BCUT2D eigenvalue weighted by Gasteiger charge is -2.35. The standard InChI is InChI=1S/C18H18FN3O/c1-11-20-10-15-16(21-11)9-14-5-6-17(15)22(14)18(23)8-12-3-2-4-13(19)7-12/h2-4,7,10,14,17H,5-6,8-9H2,1H3. The maximum Gasteiger partial charge on any atom is 0.227 e. The molecule has 1 saturated heterocycles. The molecule has 0 radical (unpaired) electrons. The fourth-order valence-corrected chi connectivity index (χ4v) is 3.87. The molecule has 2 aliphatic rings. The van der Waals surface area contributed by atoms with E-state index in [1.54, 1.807) is 12.1 Å². The second-order valence-electron chi connectivity index (χ2n) is 6.38. The second kappa shape index (κ2) is 5.41. The van der Waals surface area contributed by atoms with Crippen molar-refractivity contribution >= 4 is 5.91 Å². The Hall–Kier alpha value is -2.30. The predicted octanol–water partition coefficient (Wildman–Crippen LogP) is 2.76. The summed E-state index contributed by atoms with van der Waals surface area (Å²) in [6.07, 6.45) is 4.86. The van der Waals surface area contributed by atoms with Gasteiger partial charge in [-0.1, -0.05) is 12.1 Å². The van der Waals surface area contributed by atoms with Crippen molar-refractivity contribution in [3.8, 4) is 0 Å². The van der Waals surface area contributed by atoms with Crippen molar-refractivity contribution < 1.29 is 9.18 Å². The first kappa shape index (κ1) is 14.3. The van der Waals surface area contributed by atoms with Gasteiger partial charge in [0, 0.05) is 24.2 Å². The van der Waals surface area contributed by atoms with Crippen LogP contribution >= 0.6 is 0 Å². The fraction of sp³-hybridized carbons (Fsp3) is 0.389. The van der Waals surface area contributed by atoms with Crippen LogP contribution in [0.1, 0.15) is 41.5 Å². The van der Waals surface area contributed by atoms with Gasteiger partial charge in [0.05, 0.1) is 18.2 Å². The van der Waals surface area contributed by atoms with Gasteiger partial charge >= 0.3 is 0 Å². The quantitative estimate of drug-likeness (QED) is 0.857. The lowest BCUT2D eigenvalue weighted by Crippen LogP contribution is -2.43. The highest BCUT2D eigenvalue weighted by atomic mass is 19.1. The van der Waals surface area contributed by atoms with Crippen molar-refractivity contribution in [2.75, 3.05) is 0 Å². The minimum atomic E-state index is -0.300. The van der Waals surface area contributed by atoms with E-state index in [2.05, 4.69) is 9.97 Å². The average Bonchev–Trinajstić information content (AvgIpc) is 2.83. The number of amides is 1. The molecule has 23 heavy (non-hydrogen) atoms. The van der Waals surface area contributed by atoms with Crippen molar-refractivity contribution in [3.63, 3.8) is 0 Å². The summed E-state index contributed by atoms with van der Waals surface area (Å²) in [7, 11) is 0. The van der Waals surface area contributed by atoms with Crippen LogP contribution in [0.15, 0.2) is 30.5 Å². The number of hydrogen-bond acceptors (Lipinski definition) is 3. The van der Waals surface area contributed by atoms with E-state index in [9.17, 15) is 9.18 Å². The molecule has 2 unspecified atom stereocenters. The molecule has 0 N–H and O–H groups in total. The van der Waals surface area contributed by atoms with Gasteiger partial charge in [0.2, 0.25) is 5.91 Å². The highest BCUT2D eigenvalue weighted by molar-refractivity contribution is 5.80. The Labute approximate surface area is 134 Å². The minimum absolute atomic E-state index is 0.0642. The van der Waals surface area contributed by atoms with Crippen molar-refractivity contribution in [2.24, 2.45) is 0 Å². The van der Waals surface area contributed by atoms with E-state index in [4.69, 9.17) is 0 Å². The first-order valence-electron chi connectivity index (χ1n) is 8.00. The number of halogens is 1. The maximum absolute atomic E-state index is 13.3. The number of carbonyl (C=O) groups excluding carboxylic acids is 1. The highest BCUT2D eigenvalue weighted by Crippen LogP contribution is 2.43. The third-order valence-electron chi connectivity index (χ3n) is 4.84. The van der Waals surface area contributed by atoms with E-state index < -0.39 is 0 Å². The molecule has 2 aromatic rings. The van der Waals surface area contributed by atoms with Crippen LogP contribution < -0.4 is 0 Å². The van der Waals surface area contributed by atoms with E-state index in [0.29, 0.717) is 0 Å². The molecule has 1 aromatic heterocycles. The summed E-state index contributed by atoms with van der Waals surface area (Å²) in [5.74, 6) is 0.545. The van der Waals surface area contributed by atoms with Gasteiger partial charge in [-0.25, -0.2) is 14.4 Å². The Morgan fingerprint density at radius 2 is 2.26 bits per heavy atom. The van der Waals surface area contributed by atoms with Crippen LogP contribution in [0.2, 0.25) is 0 Å². The lowest BCUT2D eigenvalue weighted by atomic mass is 9.98. The topological polar surface area (TPSA) is 46.1 Å². The Balaban J connectivity index is 1.60. The van der Waals surface area contributed by atoms with Gasteiger partial charge in [-0.3, -0.25) is 4.79 Å². The first-order chi connectivity index (χ1) is 11.1. The average molecular weight is 311 g/mol. The van der Waals surface area contributed by atoms with E-state index in [1.807, 2.05) is 18.0 Å². The van der Waals surface area contributed by atoms with Crippen LogP contribution in [-0.2, 0) is 17.6 Å². The van der Waals surface area contributed by atoms with Crippen molar-refractivity contribution in [1.82, 2.24) is 14.9 Å². The van der Waals surface area contributed by atoms with Gasteiger partial charge in [0.1, 0.15) is 11.6 Å². The molecule has 5 heteroatoms. The van der Waals surface area contributed by atoms with Gasteiger partial charge < -0.3 is 4.90 Å². The SMILES string of the molecule is Cc1ncc2c(n1)CC1CCC2N1C(=O)Cc1cccc(F)c1. The van der Waals surface area contributed by atoms with Gasteiger partial charge in [0.15, 0.2) is 0 Å². The van der Waals surface area contributed by atoms with Gasteiger partial charge in [-0.2, -0.15) is 0 Å². The molecule has 118 valence electrons. The lowest BCUT2D eigenvalue weighted by molar-refractivity contribution is -0.134. The molecular weight excluding hydrogens is 293 g/mol. The molecule has 4 nitrogen and oxygen atoms in total. The van der Waals surface area contributed by atoms with E-state index in [0.717, 1.165) is 41.9 Å². The first-order valence-corrected chi connectivity index (χ1v) is 8.00. The number of benzene rings is 1. The summed E-state index contributed by atoms with van der Waals surface area (Å²) in [6, 6.07) is 6.56. The molecule has 1 fully saturated rings. The zero-order valence-electron chi connectivity index (χ0n) is 13.0. The number of aromatic nitrogens is 2. The summed E-state index contributed by atoms with van der Waals surface area (Å²) in [4.78, 5) is 23.6. The van der Waals surface area contributed by atoms with Crippen molar-refractivity contribution in [2.45, 2.75) is 44.7 Å². The van der Waals surface area contributed by atoms with Crippen LogP contribution in [-0.4, -0.2) is 26.8 Å². The molecule has 0 saturated carbocycles. The van der Waals surface area contributed by atoms with Gasteiger partial charge in [-0.15, -0.1) is 0 Å². The minimum Gasteiger partial charge on any atom is -0.332 e. The third-order valence-corrected chi connectivity index (χ3v) is 4.84. The van der Waals surface area contributed by atoms with Crippen molar-refractivity contribution in [1.29, 1.82) is 0 Å². The second-order valence-corrected chi connectivity index (χ2v) is 6.38. The van der Waals surface area contributed by atoms with E-state index >= 15 is 0 Å². The van der Waals surface area contributed by atoms with E-state index in [-0.39, 0.29) is 30.2 Å². The predicted molar refractivity (Wildman–Crippen MR) is 83.2 cm³/mol. The number of fused-ring (bicyclic) bond motifs is 4. The van der Waals surface area contributed by atoms with Gasteiger partial charge in [-0.05, 0) is 37.5 Å². The maximum atomic E-state index is 13.3. The number of carbonyl (C=O) groups is 1. The molecule has 4 rings (SSSR count). The monoisotopic (exact) mass is 311 g/mol. The summed E-state index contributed by atoms with van der Waals surface area (Å²) in [5, 5.41) is 0. The number of rotatable bonds is 2. The van der Waals surface area contributed by atoms with Crippen molar-refractivity contribution in [3.05, 3.63) is 58.9 Å². The molecule has 1 amide bonds. The Morgan fingerprint density at radius 3 is 3.09 bits per heavy atom. The zero-order valence-corrected chi connectivity index (χ0v) is 13.0. The summed E-state index contributed by atoms with van der Waals surface area (Å²) in [6.45, 7) is 1.89. The molecule has 0 spiro atoms. The molecule has 2 bridgehead atoms. The Morgan fingerprint density at radius 1 is 1.39 bits per heavy atom. The highest BCUT2D eigenvalue weighted by Gasteiger charge is 2.43.